The number of aromatic nitrogens is 1. The lowest BCUT2D eigenvalue weighted by molar-refractivity contribution is 0.0697. The lowest BCUT2D eigenvalue weighted by Gasteiger charge is -2.09. The maximum atomic E-state index is 11.1. The molecule has 0 bridgehead atoms. The van der Waals surface area contributed by atoms with Gasteiger partial charge in [-0.05, 0) is 41.8 Å². The summed E-state index contributed by atoms with van der Waals surface area (Å²) in [6, 6.07) is 14.1. The molecule has 4 nitrogen and oxygen atoms in total. The highest BCUT2D eigenvalue weighted by molar-refractivity contribution is 6.30. The Balaban J connectivity index is 2.09. The number of benzene rings is 2. The second kappa shape index (κ2) is 5.42. The summed E-state index contributed by atoms with van der Waals surface area (Å²) in [5.41, 5.74) is 1.02. The Labute approximate surface area is 126 Å². The fourth-order valence-electron chi connectivity index (χ4n) is 2.10. The van der Waals surface area contributed by atoms with Gasteiger partial charge in [-0.25, -0.2) is 9.78 Å². The number of pyridine rings is 1. The predicted molar refractivity (Wildman–Crippen MR) is 83.4 cm³/mol. The van der Waals surface area contributed by atoms with E-state index in [-0.39, 0.29) is 5.56 Å². The van der Waals surface area contributed by atoms with Crippen molar-refractivity contribution >= 4 is 39.8 Å². The molecule has 3 aromatic rings. The third-order valence-corrected chi connectivity index (χ3v) is 3.34. The monoisotopic (exact) mass is 298 g/mol. The quantitative estimate of drug-likeness (QED) is 0.755. The number of aromatic carboxylic acids is 1. The number of hydrogen-bond acceptors (Lipinski definition) is 3. The number of anilines is 2. The lowest BCUT2D eigenvalue weighted by atomic mass is 10.1. The van der Waals surface area contributed by atoms with E-state index in [4.69, 9.17) is 16.7 Å². The first-order chi connectivity index (χ1) is 10.1. The predicted octanol–water partition coefficient (Wildman–Crippen LogP) is 4.33. The number of halogens is 1. The number of hydrogen-bond donors (Lipinski definition) is 2. The van der Waals surface area contributed by atoms with Crippen molar-refractivity contribution in [1.82, 2.24) is 4.98 Å². The summed E-state index contributed by atoms with van der Waals surface area (Å²) < 4.78 is 0. The molecule has 0 saturated heterocycles. The van der Waals surface area contributed by atoms with Gasteiger partial charge < -0.3 is 10.4 Å². The third-order valence-electron chi connectivity index (χ3n) is 3.10. The highest BCUT2D eigenvalue weighted by atomic mass is 35.5. The van der Waals surface area contributed by atoms with E-state index >= 15 is 0 Å². The van der Waals surface area contributed by atoms with Gasteiger partial charge in [0, 0.05) is 22.3 Å². The summed E-state index contributed by atoms with van der Waals surface area (Å²) in [6.45, 7) is 0. The van der Waals surface area contributed by atoms with Crippen LogP contribution in [0.5, 0.6) is 0 Å². The molecule has 0 saturated carbocycles. The average molecular weight is 299 g/mol. The number of nitrogens with zero attached hydrogens (tertiary/aromatic N) is 1. The van der Waals surface area contributed by atoms with E-state index in [0.29, 0.717) is 10.8 Å². The molecule has 104 valence electrons. The summed E-state index contributed by atoms with van der Waals surface area (Å²) in [7, 11) is 0. The minimum absolute atomic E-state index is 0.227. The molecule has 0 amide bonds. The van der Waals surface area contributed by atoms with Crippen LogP contribution in [-0.2, 0) is 0 Å². The molecule has 0 atom stereocenters. The summed E-state index contributed by atoms with van der Waals surface area (Å²) in [4.78, 5) is 15.4. The van der Waals surface area contributed by atoms with Crippen LogP contribution < -0.4 is 5.32 Å². The fourth-order valence-corrected chi connectivity index (χ4v) is 2.29. The van der Waals surface area contributed by atoms with Gasteiger partial charge in [-0.3, -0.25) is 0 Å². The van der Waals surface area contributed by atoms with Gasteiger partial charge in [-0.15, -0.1) is 0 Å². The van der Waals surface area contributed by atoms with Crippen LogP contribution in [0.15, 0.2) is 54.7 Å². The van der Waals surface area contributed by atoms with Gasteiger partial charge in [0.2, 0.25) is 0 Å². The minimum Gasteiger partial charge on any atom is -0.478 e. The molecular formula is C16H11ClN2O2. The van der Waals surface area contributed by atoms with Crippen molar-refractivity contribution in [3.8, 4) is 0 Å². The molecule has 0 spiro atoms. The van der Waals surface area contributed by atoms with Gasteiger partial charge >= 0.3 is 5.97 Å². The van der Waals surface area contributed by atoms with Gasteiger partial charge in [-0.2, -0.15) is 0 Å². The van der Waals surface area contributed by atoms with Crippen molar-refractivity contribution in [2.45, 2.75) is 0 Å². The fraction of sp³-hybridized carbons (Fsp3) is 0. The first-order valence-corrected chi connectivity index (χ1v) is 6.66. The van der Waals surface area contributed by atoms with Gasteiger partial charge in [0.05, 0.1) is 5.56 Å². The van der Waals surface area contributed by atoms with E-state index in [1.165, 1.54) is 0 Å². The van der Waals surface area contributed by atoms with Crippen molar-refractivity contribution in [2.75, 3.05) is 5.32 Å². The Kier molecular flexibility index (Phi) is 3.46. The molecule has 0 aliphatic heterocycles. The summed E-state index contributed by atoms with van der Waals surface area (Å²) in [5.74, 6) is -0.368. The van der Waals surface area contributed by atoms with Crippen LogP contribution in [0.25, 0.3) is 10.8 Å². The zero-order valence-electron chi connectivity index (χ0n) is 10.9. The number of carboxylic acid groups (broad SMARTS) is 1. The molecule has 1 aromatic heterocycles. The second-order valence-electron chi connectivity index (χ2n) is 4.54. The molecule has 5 heteroatoms. The highest BCUT2D eigenvalue weighted by Crippen LogP contribution is 2.26. The van der Waals surface area contributed by atoms with Gasteiger partial charge in [0.1, 0.15) is 5.82 Å². The Morgan fingerprint density at radius 3 is 2.76 bits per heavy atom. The Morgan fingerprint density at radius 2 is 2.00 bits per heavy atom. The highest BCUT2D eigenvalue weighted by Gasteiger charge is 2.08. The molecule has 0 aliphatic rings. The maximum Gasteiger partial charge on any atom is 0.335 e. The minimum atomic E-state index is -0.963. The number of carbonyl (C=O) groups is 1. The van der Waals surface area contributed by atoms with Crippen LogP contribution >= 0.6 is 11.6 Å². The van der Waals surface area contributed by atoms with E-state index < -0.39 is 5.97 Å². The molecule has 0 fully saturated rings. The largest absolute Gasteiger partial charge is 0.478 e. The molecule has 21 heavy (non-hydrogen) atoms. The van der Waals surface area contributed by atoms with E-state index in [0.717, 1.165) is 16.5 Å². The topological polar surface area (TPSA) is 62.2 Å². The first kappa shape index (κ1) is 13.4. The SMILES string of the molecule is O=C(O)c1ccc2ccnc(Nc3cccc(Cl)c3)c2c1. The van der Waals surface area contributed by atoms with Crippen LogP contribution in [0.1, 0.15) is 10.4 Å². The third kappa shape index (κ3) is 2.80. The summed E-state index contributed by atoms with van der Waals surface area (Å²) in [6.07, 6.45) is 1.68. The molecule has 0 aliphatic carbocycles. The van der Waals surface area contributed by atoms with E-state index in [1.54, 1.807) is 36.5 Å². The van der Waals surface area contributed by atoms with Crippen molar-refractivity contribution in [3.05, 3.63) is 65.3 Å². The first-order valence-electron chi connectivity index (χ1n) is 6.28. The van der Waals surface area contributed by atoms with Gasteiger partial charge in [-0.1, -0.05) is 23.7 Å². The van der Waals surface area contributed by atoms with Crippen LogP contribution in [0.4, 0.5) is 11.5 Å². The Morgan fingerprint density at radius 1 is 1.14 bits per heavy atom. The van der Waals surface area contributed by atoms with E-state index in [2.05, 4.69) is 10.3 Å². The number of rotatable bonds is 3. The van der Waals surface area contributed by atoms with Crippen LogP contribution in [0, 0.1) is 0 Å². The van der Waals surface area contributed by atoms with Gasteiger partial charge in [0.15, 0.2) is 0 Å². The molecule has 0 radical (unpaired) electrons. The zero-order valence-corrected chi connectivity index (χ0v) is 11.6. The smallest absolute Gasteiger partial charge is 0.335 e. The molecule has 3 rings (SSSR count). The summed E-state index contributed by atoms with van der Waals surface area (Å²) in [5, 5.41) is 14.5. The average Bonchev–Trinajstić information content (AvgIpc) is 2.47. The number of carboxylic acids is 1. The van der Waals surface area contributed by atoms with Crippen LogP contribution in [0.3, 0.4) is 0 Å². The number of nitrogens with one attached hydrogen (secondary N) is 1. The van der Waals surface area contributed by atoms with Crippen molar-refractivity contribution in [3.63, 3.8) is 0 Å². The Hall–Kier alpha value is -2.59. The summed E-state index contributed by atoms with van der Waals surface area (Å²) >= 11 is 5.96. The van der Waals surface area contributed by atoms with Crippen molar-refractivity contribution in [2.24, 2.45) is 0 Å². The van der Waals surface area contributed by atoms with E-state index in [9.17, 15) is 4.79 Å². The van der Waals surface area contributed by atoms with Crippen LogP contribution in [0.2, 0.25) is 5.02 Å². The van der Waals surface area contributed by atoms with E-state index in [1.807, 2.05) is 18.2 Å². The van der Waals surface area contributed by atoms with Crippen molar-refractivity contribution < 1.29 is 9.90 Å². The van der Waals surface area contributed by atoms with Crippen LogP contribution in [-0.4, -0.2) is 16.1 Å². The molecular weight excluding hydrogens is 288 g/mol. The molecule has 2 N–H and O–H groups in total. The maximum absolute atomic E-state index is 11.1. The lowest BCUT2D eigenvalue weighted by Crippen LogP contribution is -1.98. The zero-order chi connectivity index (χ0) is 14.8. The Bertz CT molecular complexity index is 833. The molecule has 1 heterocycles. The molecule has 0 unspecified atom stereocenters. The molecule has 2 aromatic carbocycles. The normalized spacial score (nSPS) is 10.5. The van der Waals surface area contributed by atoms with Gasteiger partial charge in [0.25, 0.3) is 0 Å². The number of fused-ring (bicyclic) bond motifs is 1. The second-order valence-corrected chi connectivity index (χ2v) is 4.97. The standard InChI is InChI=1S/C16H11ClN2O2/c17-12-2-1-3-13(9-12)19-15-14-8-11(16(20)21)5-4-10(14)6-7-18-15/h1-9H,(H,18,19)(H,20,21). The van der Waals surface area contributed by atoms with Crippen molar-refractivity contribution in [1.29, 1.82) is 0 Å².